The van der Waals surface area contributed by atoms with Gasteiger partial charge in [0.1, 0.15) is 11.6 Å². The zero-order valence-electron chi connectivity index (χ0n) is 22.3. The number of fused-ring (bicyclic) bond motifs is 2. The highest BCUT2D eigenvalue weighted by atomic mass is 19.4. The summed E-state index contributed by atoms with van der Waals surface area (Å²) in [7, 11) is 0. The molecule has 0 atom stereocenters. The van der Waals surface area contributed by atoms with Gasteiger partial charge in [0.15, 0.2) is 5.82 Å². The van der Waals surface area contributed by atoms with Gasteiger partial charge >= 0.3 is 6.18 Å². The van der Waals surface area contributed by atoms with Crippen LogP contribution in [0.3, 0.4) is 0 Å². The highest BCUT2D eigenvalue weighted by molar-refractivity contribution is 5.86. The van der Waals surface area contributed by atoms with E-state index in [-0.39, 0.29) is 5.39 Å². The van der Waals surface area contributed by atoms with Crippen molar-refractivity contribution in [2.24, 2.45) is 5.92 Å². The second-order valence-electron chi connectivity index (χ2n) is 10.9. The fraction of sp³-hybridized carbons (Fsp3) is 0.353. The van der Waals surface area contributed by atoms with Crippen molar-refractivity contribution in [3.8, 4) is 11.8 Å². The SMILES string of the molecule is CCCC1CCC(c2ccc3cc(CCc4cc(F)c5c(F)c(C#CC(F)(F)F)c(F)cc5c4)ccc3c2)CC1. The van der Waals surface area contributed by atoms with Gasteiger partial charge in [-0.3, -0.25) is 0 Å². The topological polar surface area (TPSA) is 0 Å². The van der Waals surface area contributed by atoms with Crippen LogP contribution in [0.15, 0.2) is 54.6 Å². The number of halogens is 6. The smallest absolute Gasteiger partial charge is 0.206 e. The third-order valence-corrected chi connectivity index (χ3v) is 8.12. The Labute approximate surface area is 230 Å². The molecule has 0 spiro atoms. The van der Waals surface area contributed by atoms with Crippen molar-refractivity contribution in [3.63, 3.8) is 0 Å². The van der Waals surface area contributed by atoms with Crippen LogP contribution in [0, 0.1) is 35.2 Å². The average Bonchev–Trinajstić information content (AvgIpc) is 2.91. The summed E-state index contributed by atoms with van der Waals surface area (Å²) < 4.78 is 81.2. The maximum absolute atomic E-state index is 14.8. The molecule has 0 amide bonds. The van der Waals surface area contributed by atoms with Crippen LogP contribution in [0.4, 0.5) is 26.3 Å². The predicted octanol–water partition coefficient (Wildman–Crippen LogP) is 10.2. The minimum Gasteiger partial charge on any atom is -0.206 e. The second-order valence-corrected chi connectivity index (χ2v) is 10.9. The summed E-state index contributed by atoms with van der Waals surface area (Å²) in [6.07, 6.45) is 3.77. The largest absolute Gasteiger partial charge is 0.458 e. The van der Waals surface area contributed by atoms with E-state index in [0.717, 1.165) is 34.9 Å². The van der Waals surface area contributed by atoms with Crippen molar-refractivity contribution >= 4 is 21.5 Å². The highest BCUT2D eigenvalue weighted by Crippen LogP contribution is 2.38. The van der Waals surface area contributed by atoms with E-state index in [0.29, 0.717) is 24.3 Å². The Balaban J connectivity index is 1.31. The van der Waals surface area contributed by atoms with Crippen molar-refractivity contribution in [2.75, 3.05) is 0 Å². The Bertz CT molecular complexity index is 1600. The second kappa shape index (κ2) is 11.6. The van der Waals surface area contributed by atoms with Crippen molar-refractivity contribution in [1.82, 2.24) is 0 Å². The lowest BCUT2D eigenvalue weighted by Gasteiger charge is -2.28. The molecule has 0 radical (unpaired) electrons. The van der Waals surface area contributed by atoms with Crippen molar-refractivity contribution in [2.45, 2.75) is 70.4 Å². The average molecular weight is 553 g/mol. The first-order chi connectivity index (χ1) is 19.1. The zero-order chi connectivity index (χ0) is 28.4. The summed E-state index contributed by atoms with van der Waals surface area (Å²) in [6, 6.07) is 16.4. The summed E-state index contributed by atoms with van der Waals surface area (Å²) in [5.74, 6) is 0.117. The van der Waals surface area contributed by atoms with Gasteiger partial charge in [-0.25, -0.2) is 13.2 Å². The van der Waals surface area contributed by atoms with Crippen LogP contribution in [0.1, 0.15) is 73.6 Å². The van der Waals surface area contributed by atoms with Crippen molar-refractivity contribution in [3.05, 3.63) is 94.3 Å². The summed E-state index contributed by atoms with van der Waals surface area (Å²) in [5.41, 5.74) is 1.89. The minimum absolute atomic E-state index is 0.0580. The van der Waals surface area contributed by atoms with Crippen molar-refractivity contribution < 1.29 is 26.3 Å². The molecule has 208 valence electrons. The lowest BCUT2D eigenvalue weighted by molar-refractivity contribution is -0.0696. The number of hydrogen-bond donors (Lipinski definition) is 0. The normalized spacial score (nSPS) is 17.7. The molecule has 4 aromatic carbocycles. The molecule has 0 N–H and O–H groups in total. The molecular formula is C34H30F6. The Morgan fingerprint density at radius 1 is 0.750 bits per heavy atom. The van der Waals surface area contributed by atoms with E-state index in [4.69, 9.17) is 0 Å². The van der Waals surface area contributed by atoms with E-state index in [1.807, 2.05) is 6.07 Å². The number of hydrogen-bond acceptors (Lipinski definition) is 0. The fourth-order valence-corrected chi connectivity index (χ4v) is 6.07. The van der Waals surface area contributed by atoms with Crippen LogP contribution in [-0.4, -0.2) is 6.18 Å². The van der Waals surface area contributed by atoms with Gasteiger partial charge in [-0.1, -0.05) is 68.2 Å². The zero-order valence-corrected chi connectivity index (χ0v) is 22.3. The molecule has 4 aromatic rings. The van der Waals surface area contributed by atoms with Gasteiger partial charge in [-0.15, -0.1) is 0 Å². The van der Waals surface area contributed by atoms with E-state index in [2.05, 4.69) is 37.3 Å². The molecule has 0 aliphatic heterocycles. The molecular weight excluding hydrogens is 522 g/mol. The Hall–Kier alpha value is -3.46. The number of alkyl halides is 3. The molecule has 0 saturated heterocycles. The van der Waals surface area contributed by atoms with Gasteiger partial charge in [0.05, 0.1) is 10.9 Å². The summed E-state index contributed by atoms with van der Waals surface area (Å²) in [6.45, 7) is 2.26. The van der Waals surface area contributed by atoms with Gasteiger partial charge in [-0.05, 0) is 95.3 Å². The van der Waals surface area contributed by atoms with Crippen LogP contribution in [0.5, 0.6) is 0 Å². The van der Waals surface area contributed by atoms with Gasteiger partial charge in [0.25, 0.3) is 0 Å². The van der Waals surface area contributed by atoms with Gasteiger partial charge < -0.3 is 0 Å². The first-order valence-electron chi connectivity index (χ1n) is 13.8. The van der Waals surface area contributed by atoms with E-state index >= 15 is 0 Å². The molecule has 0 unspecified atom stereocenters. The van der Waals surface area contributed by atoms with Gasteiger partial charge in [0.2, 0.25) is 0 Å². The lowest BCUT2D eigenvalue weighted by Crippen LogP contribution is -2.13. The molecule has 0 nitrogen and oxygen atoms in total. The molecule has 40 heavy (non-hydrogen) atoms. The Morgan fingerprint density at radius 3 is 2.15 bits per heavy atom. The van der Waals surface area contributed by atoms with E-state index in [9.17, 15) is 26.3 Å². The summed E-state index contributed by atoms with van der Waals surface area (Å²) in [5, 5.41) is 1.68. The van der Waals surface area contributed by atoms with Crippen LogP contribution in [0.2, 0.25) is 0 Å². The number of rotatable bonds is 6. The molecule has 6 heteroatoms. The quantitative estimate of drug-likeness (QED) is 0.165. The molecule has 5 rings (SSSR count). The monoisotopic (exact) mass is 552 g/mol. The van der Waals surface area contributed by atoms with Crippen molar-refractivity contribution in [1.29, 1.82) is 0 Å². The lowest BCUT2D eigenvalue weighted by atomic mass is 9.77. The van der Waals surface area contributed by atoms with Crippen LogP contribution >= 0.6 is 0 Å². The first-order valence-corrected chi connectivity index (χ1v) is 13.8. The maximum Gasteiger partial charge on any atom is 0.458 e. The Kier molecular flexibility index (Phi) is 8.12. The molecule has 1 fully saturated rings. The Morgan fingerprint density at radius 2 is 1.43 bits per heavy atom. The summed E-state index contributed by atoms with van der Waals surface area (Å²) >= 11 is 0. The molecule has 0 aromatic heterocycles. The van der Waals surface area contributed by atoms with Crippen LogP contribution in [-0.2, 0) is 12.8 Å². The van der Waals surface area contributed by atoms with E-state index < -0.39 is 34.6 Å². The predicted molar refractivity (Wildman–Crippen MR) is 148 cm³/mol. The third kappa shape index (κ3) is 6.30. The first kappa shape index (κ1) is 28.1. The van der Waals surface area contributed by atoms with E-state index in [1.54, 1.807) is 0 Å². The van der Waals surface area contributed by atoms with Crippen LogP contribution < -0.4 is 0 Å². The molecule has 1 aliphatic carbocycles. The molecule has 1 aliphatic rings. The maximum atomic E-state index is 14.8. The number of benzene rings is 4. The molecule has 0 bridgehead atoms. The number of aryl methyl sites for hydroxylation is 2. The highest BCUT2D eigenvalue weighted by Gasteiger charge is 2.25. The van der Waals surface area contributed by atoms with Crippen LogP contribution in [0.25, 0.3) is 21.5 Å². The fourth-order valence-electron chi connectivity index (χ4n) is 6.07. The molecule has 0 heterocycles. The minimum atomic E-state index is -4.92. The summed E-state index contributed by atoms with van der Waals surface area (Å²) in [4.78, 5) is 0. The van der Waals surface area contributed by atoms with Gasteiger partial charge in [-0.2, -0.15) is 13.2 Å². The van der Waals surface area contributed by atoms with Gasteiger partial charge in [0, 0.05) is 5.92 Å². The molecule has 1 saturated carbocycles. The van der Waals surface area contributed by atoms with E-state index in [1.165, 1.54) is 61.5 Å². The third-order valence-electron chi connectivity index (χ3n) is 8.12. The standard InChI is InChI=1S/C34H30F6/c1-2-3-21-6-9-24(10-7-21)26-13-12-25-16-22(8-11-27(25)19-26)4-5-23-17-28-20-30(35)29(14-15-34(38,39)40)33(37)32(28)31(36)18-23/h8,11-13,16-21,24H,2-7,9-10H2,1H3.